The third kappa shape index (κ3) is 3.13. The second-order valence-corrected chi connectivity index (χ2v) is 7.49. The van der Waals surface area contributed by atoms with Crippen LogP contribution < -0.4 is 10.4 Å². The Labute approximate surface area is 185 Å². The number of allylic oxidation sites excluding steroid dienone is 4. The van der Waals surface area contributed by atoms with Crippen molar-refractivity contribution in [3.63, 3.8) is 0 Å². The van der Waals surface area contributed by atoms with Crippen molar-refractivity contribution < 1.29 is 26.2 Å². The Balaban J connectivity index is 0.00000192. The molecule has 134 valence electrons. The van der Waals surface area contributed by atoms with E-state index in [4.69, 9.17) is 0 Å². The molecule has 0 nitrogen and oxygen atoms in total. The number of hydrogen-bond acceptors (Lipinski definition) is 0. The summed E-state index contributed by atoms with van der Waals surface area (Å²) in [6, 6.07) is 23.8. The molecule has 1 heteroatoms. The minimum Gasteiger partial charge on any atom is -0.123 e. The van der Waals surface area contributed by atoms with Crippen LogP contribution in [0, 0.1) is 10.4 Å². The molecule has 3 aromatic rings. The minimum atomic E-state index is 0. The fraction of sp³-hybridized carbons (Fsp3) is 0.111. The first kappa shape index (κ1) is 19.1. The summed E-state index contributed by atoms with van der Waals surface area (Å²) in [6.07, 6.45) is 10.7. The molecule has 0 spiro atoms. The number of hydrogen-bond donors (Lipinski definition) is 0. The van der Waals surface area contributed by atoms with Crippen molar-refractivity contribution in [1.29, 1.82) is 0 Å². The van der Waals surface area contributed by atoms with Gasteiger partial charge in [-0.05, 0) is 30.9 Å². The summed E-state index contributed by atoms with van der Waals surface area (Å²) in [5, 5.41) is 5.15. The van der Waals surface area contributed by atoms with Crippen molar-refractivity contribution in [2.45, 2.75) is 19.8 Å². The van der Waals surface area contributed by atoms with E-state index in [2.05, 4.69) is 105 Å². The fourth-order valence-corrected chi connectivity index (χ4v) is 4.24. The molecule has 3 aromatic carbocycles. The van der Waals surface area contributed by atoms with E-state index in [1.165, 1.54) is 48.7 Å². The van der Waals surface area contributed by atoms with Gasteiger partial charge in [0.2, 0.25) is 0 Å². The van der Waals surface area contributed by atoms with Gasteiger partial charge in [-0.1, -0.05) is 95.2 Å². The second-order valence-electron chi connectivity index (χ2n) is 7.49. The van der Waals surface area contributed by atoms with E-state index in [0.717, 1.165) is 0 Å². The zero-order chi connectivity index (χ0) is 18.4. The van der Waals surface area contributed by atoms with Crippen molar-refractivity contribution in [3.05, 3.63) is 123 Å². The molecular weight excluding hydrogens is 416 g/mol. The van der Waals surface area contributed by atoms with E-state index < -0.39 is 0 Å². The largest absolute Gasteiger partial charge is 0.123 e. The first-order valence-electron chi connectivity index (χ1n) is 9.51. The summed E-state index contributed by atoms with van der Waals surface area (Å²) >= 11 is 0. The minimum absolute atomic E-state index is 0. The molecular formula is C27H21Zr-. The smallest absolute Gasteiger partial charge is 0 e. The van der Waals surface area contributed by atoms with E-state index in [-0.39, 0.29) is 32.1 Å². The van der Waals surface area contributed by atoms with E-state index in [1.807, 2.05) is 0 Å². The third-order valence-corrected chi connectivity index (χ3v) is 5.54. The van der Waals surface area contributed by atoms with Crippen LogP contribution in [0.25, 0.3) is 17.2 Å². The van der Waals surface area contributed by atoms with Gasteiger partial charge in [-0.15, -0.1) is 33.4 Å². The molecule has 28 heavy (non-hydrogen) atoms. The van der Waals surface area contributed by atoms with Gasteiger partial charge in [0.25, 0.3) is 0 Å². The number of fused-ring (bicyclic) bond motifs is 2. The average molecular weight is 437 g/mol. The Kier molecular flexibility index (Phi) is 5.21. The summed E-state index contributed by atoms with van der Waals surface area (Å²) in [7, 11) is 0. The Morgan fingerprint density at radius 3 is 2.36 bits per heavy atom. The first-order valence-corrected chi connectivity index (χ1v) is 9.51. The third-order valence-electron chi connectivity index (χ3n) is 5.54. The second kappa shape index (κ2) is 7.65. The van der Waals surface area contributed by atoms with E-state index in [0.29, 0.717) is 0 Å². The van der Waals surface area contributed by atoms with Gasteiger partial charge in [-0.2, -0.15) is 0 Å². The molecule has 0 aromatic heterocycles. The van der Waals surface area contributed by atoms with Crippen LogP contribution in [0.4, 0.5) is 0 Å². The Morgan fingerprint density at radius 2 is 1.57 bits per heavy atom. The molecule has 0 amide bonds. The van der Waals surface area contributed by atoms with Crippen LogP contribution in [0.5, 0.6) is 0 Å². The zero-order valence-electron chi connectivity index (χ0n) is 16.2. The van der Waals surface area contributed by atoms with Gasteiger partial charge in [0, 0.05) is 26.2 Å². The molecule has 2 aliphatic carbocycles. The van der Waals surface area contributed by atoms with Crippen LogP contribution >= 0.6 is 0 Å². The van der Waals surface area contributed by atoms with Crippen LogP contribution in [-0.2, 0) is 26.2 Å². The molecule has 0 bridgehead atoms. The normalized spacial score (nSPS) is 15.9. The number of rotatable bonds is 2. The molecule has 1 atom stereocenters. The van der Waals surface area contributed by atoms with Gasteiger partial charge in [0.1, 0.15) is 0 Å². The topological polar surface area (TPSA) is 0 Å². The molecule has 0 radical (unpaired) electrons. The SMILES string of the molecule is CC(C)=c1ccc2c(c1C1C=CC(c3ccccc3)=C1)[C-]=c1ccccc1=2.[Zr]. The van der Waals surface area contributed by atoms with Gasteiger partial charge in [0.15, 0.2) is 0 Å². The molecule has 0 fully saturated rings. The molecule has 0 saturated heterocycles. The molecule has 1 unspecified atom stereocenters. The maximum atomic E-state index is 3.70. The van der Waals surface area contributed by atoms with Gasteiger partial charge in [-0.3, -0.25) is 0 Å². The number of benzene rings is 3. The van der Waals surface area contributed by atoms with Crippen LogP contribution in [0.2, 0.25) is 0 Å². The predicted octanol–water partition coefficient (Wildman–Crippen LogP) is 4.92. The van der Waals surface area contributed by atoms with Crippen LogP contribution in [0.3, 0.4) is 0 Å². The summed E-state index contributed by atoms with van der Waals surface area (Å²) in [6.45, 7) is 4.40. The van der Waals surface area contributed by atoms with Crippen molar-refractivity contribution >= 4 is 17.2 Å². The quantitative estimate of drug-likeness (QED) is 0.391. The summed E-state index contributed by atoms with van der Waals surface area (Å²) in [4.78, 5) is 0. The molecule has 0 N–H and O–H groups in total. The average Bonchev–Trinajstić information content (AvgIpc) is 3.32. The molecule has 0 heterocycles. The van der Waals surface area contributed by atoms with Gasteiger partial charge in [-0.25, -0.2) is 0 Å². The van der Waals surface area contributed by atoms with Crippen molar-refractivity contribution in [2.24, 2.45) is 0 Å². The molecule has 0 saturated carbocycles. The summed E-state index contributed by atoms with van der Waals surface area (Å²) in [5.41, 5.74) is 6.56. The van der Waals surface area contributed by atoms with Crippen molar-refractivity contribution in [3.8, 4) is 0 Å². The van der Waals surface area contributed by atoms with Crippen LogP contribution in [0.1, 0.15) is 36.5 Å². The molecule has 0 aliphatic heterocycles. The maximum Gasteiger partial charge on any atom is 0 e. The van der Waals surface area contributed by atoms with Crippen LogP contribution in [-0.4, -0.2) is 0 Å². The Bertz CT molecular complexity index is 1320. The zero-order valence-corrected chi connectivity index (χ0v) is 18.6. The monoisotopic (exact) mass is 435 g/mol. The molecule has 2 aliphatic rings. The van der Waals surface area contributed by atoms with Crippen molar-refractivity contribution in [1.82, 2.24) is 0 Å². The van der Waals surface area contributed by atoms with Crippen LogP contribution in [0.15, 0.2) is 85.0 Å². The van der Waals surface area contributed by atoms with Crippen molar-refractivity contribution in [2.75, 3.05) is 0 Å². The summed E-state index contributed by atoms with van der Waals surface area (Å²) in [5.74, 6) is 0.280. The summed E-state index contributed by atoms with van der Waals surface area (Å²) < 4.78 is 0. The predicted molar refractivity (Wildman–Crippen MR) is 113 cm³/mol. The van der Waals surface area contributed by atoms with E-state index in [1.54, 1.807) is 0 Å². The molecule has 5 rings (SSSR count). The standard InChI is InChI=1S/C27H21.Zr/c1-18(2)23-14-15-25-24-11-7-6-10-21(24)17-26(25)27(23)22-13-12-20(16-22)19-8-4-3-5-9-19;/h3-16,22H,1-2H3;/q-1;. The fourth-order valence-electron chi connectivity index (χ4n) is 4.24. The van der Waals surface area contributed by atoms with E-state index in [9.17, 15) is 0 Å². The van der Waals surface area contributed by atoms with E-state index >= 15 is 0 Å². The first-order chi connectivity index (χ1) is 13.2. The van der Waals surface area contributed by atoms with Gasteiger partial charge < -0.3 is 0 Å². The Hall–Kier alpha value is -2.24. The van der Waals surface area contributed by atoms with Gasteiger partial charge >= 0.3 is 0 Å². The van der Waals surface area contributed by atoms with Gasteiger partial charge in [0.05, 0.1) is 0 Å². The Morgan fingerprint density at radius 1 is 0.821 bits per heavy atom. The maximum absolute atomic E-state index is 3.70.